The summed E-state index contributed by atoms with van der Waals surface area (Å²) in [5.41, 5.74) is 0.323. The first-order valence-corrected chi connectivity index (χ1v) is 7.46. The molecule has 1 aromatic carbocycles. The van der Waals surface area contributed by atoms with Gasteiger partial charge >= 0.3 is 6.18 Å². The average molecular weight is 325 g/mol. The Morgan fingerprint density at radius 3 is 2.70 bits per heavy atom. The van der Waals surface area contributed by atoms with E-state index in [1.54, 1.807) is 22.6 Å². The van der Waals surface area contributed by atoms with Crippen molar-refractivity contribution < 1.29 is 18.0 Å². The lowest BCUT2D eigenvalue weighted by atomic mass is 10.1. The second-order valence-corrected chi connectivity index (χ2v) is 5.97. The molecule has 0 saturated carbocycles. The molecular weight excluding hydrogens is 307 g/mol. The molecule has 1 fully saturated rings. The zero-order valence-electron chi connectivity index (χ0n) is 12.9. The Morgan fingerprint density at radius 2 is 2.04 bits per heavy atom. The van der Waals surface area contributed by atoms with Crippen LogP contribution in [0.1, 0.15) is 23.0 Å². The normalized spacial score (nSPS) is 19.3. The molecule has 0 radical (unpaired) electrons. The third-order valence-corrected chi connectivity index (χ3v) is 4.24. The maximum atomic E-state index is 12.8. The van der Waals surface area contributed by atoms with Crippen LogP contribution in [-0.2, 0) is 13.2 Å². The average Bonchev–Trinajstić information content (AvgIpc) is 2.82. The smallest absolute Gasteiger partial charge is 0.340 e. The van der Waals surface area contributed by atoms with Gasteiger partial charge in [-0.1, -0.05) is 0 Å². The molecule has 0 aliphatic carbocycles. The molecule has 4 nitrogen and oxygen atoms in total. The number of piperazine rings is 1. The molecule has 1 aliphatic heterocycles. The summed E-state index contributed by atoms with van der Waals surface area (Å²) in [4.78, 5) is 14.4. The van der Waals surface area contributed by atoms with Crippen LogP contribution < -0.4 is 5.32 Å². The highest BCUT2D eigenvalue weighted by atomic mass is 19.4. The van der Waals surface area contributed by atoms with Gasteiger partial charge in [0.05, 0.1) is 5.56 Å². The first-order valence-electron chi connectivity index (χ1n) is 7.46. The van der Waals surface area contributed by atoms with E-state index in [0.29, 0.717) is 29.7 Å². The molecule has 3 rings (SSSR count). The van der Waals surface area contributed by atoms with Crippen LogP contribution in [0.25, 0.3) is 10.9 Å². The predicted octanol–water partition coefficient (Wildman–Crippen LogP) is 2.63. The minimum Gasteiger partial charge on any atom is -0.340 e. The van der Waals surface area contributed by atoms with Crippen molar-refractivity contribution in [1.29, 1.82) is 0 Å². The SMILES string of the molecule is C[C@@H]1CN(C(=O)c2cc3cc(C(F)(F)F)ccc3n2C)CCN1. The van der Waals surface area contributed by atoms with Crippen molar-refractivity contribution in [2.24, 2.45) is 7.05 Å². The quantitative estimate of drug-likeness (QED) is 0.875. The number of hydrogen-bond donors (Lipinski definition) is 1. The number of aromatic nitrogens is 1. The van der Waals surface area contributed by atoms with Gasteiger partial charge in [-0.3, -0.25) is 4.79 Å². The Labute approximate surface area is 131 Å². The summed E-state index contributed by atoms with van der Waals surface area (Å²) >= 11 is 0. The Bertz CT molecular complexity index is 751. The number of nitrogens with one attached hydrogen (secondary N) is 1. The fourth-order valence-corrected chi connectivity index (χ4v) is 3.01. The van der Waals surface area contributed by atoms with E-state index in [0.717, 1.165) is 18.7 Å². The van der Waals surface area contributed by atoms with Gasteiger partial charge in [-0.2, -0.15) is 13.2 Å². The van der Waals surface area contributed by atoms with Crippen molar-refractivity contribution in [1.82, 2.24) is 14.8 Å². The van der Waals surface area contributed by atoms with Crippen molar-refractivity contribution in [3.8, 4) is 0 Å². The number of carbonyl (C=O) groups is 1. The van der Waals surface area contributed by atoms with Crippen LogP contribution in [0.15, 0.2) is 24.3 Å². The fourth-order valence-electron chi connectivity index (χ4n) is 3.01. The topological polar surface area (TPSA) is 37.3 Å². The van der Waals surface area contributed by atoms with E-state index < -0.39 is 11.7 Å². The third-order valence-electron chi connectivity index (χ3n) is 4.24. The first-order chi connectivity index (χ1) is 10.8. The molecular formula is C16H18F3N3O. The third kappa shape index (κ3) is 2.93. The van der Waals surface area contributed by atoms with Crippen molar-refractivity contribution in [2.75, 3.05) is 19.6 Å². The predicted molar refractivity (Wildman–Crippen MR) is 81.3 cm³/mol. The number of halogens is 3. The first kappa shape index (κ1) is 15.9. The van der Waals surface area contributed by atoms with Crippen LogP contribution in [0.4, 0.5) is 13.2 Å². The maximum Gasteiger partial charge on any atom is 0.416 e. The van der Waals surface area contributed by atoms with Crippen LogP contribution in [-0.4, -0.2) is 41.1 Å². The van der Waals surface area contributed by atoms with Gasteiger partial charge < -0.3 is 14.8 Å². The molecule has 0 spiro atoms. The number of rotatable bonds is 1. The number of alkyl halides is 3. The molecule has 0 unspecified atom stereocenters. The number of carbonyl (C=O) groups excluding carboxylic acids is 1. The van der Waals surface area contributed by atoms with Crippen LogP contribution in [0.2, 0.25) is 0 Å². The summed E-state index contributed by atoms with van der Waals surface area (Å²) in [7, 11) is 1.70. The Kier molecular flexibility index (Phi) is 3.83. The molecule has 7 heteroatoms. The van der Waals surface area contributed by atoms with E-state index >= 15 is 0 Å². The van der Waals surface area contributed by atoms with E-state index in [-0.39, 0.29) is 11.9 Å². The molecule has 1 N–H and O–H groups in total. The van der Waals surface area contributed by atoms with E-state index in [9.17, 15) is 18.0 Å². The molecule has 2 aromatic rings. The summed E-state index contributed by atoms with van der Waals surface area (Å²) in [5, 5.41) is 3.68. The number of nitrogens with zero attached hydrogens (tertiary/aromatic N) is 2. The van der Waals surface area contributed by atoms with Gasteiger partial charge in [-0.15, -0.1) is 0 Å². The molecule has 1 saturated heterocycles. The van der Waals surface area contributed by atoms with Crippen LogP contribution in [0.3, 0.4) is 0 Å². The number of amides is 1. The van der Waals surface area contributed by atoms with E-state index in [4.69, 9.17) is 0 Å². The summed E-state index contributed by atoms with van der Waals surface area (Å²) in [6, 6.07) is 5.30. The van der Waals surface area contributed by atoms with Crippen LogP contribution in [0, 0.1) is 0 Å². The summed E-state index contributed by atoms with van der Waals surface area (Å²) in [6.07, 6.45) is -4.39. The van der Waals surface area contributed by atoms with E-state index in [1.165, 1.54) is 6.07 Å². The van der Waals surface area contributed by atoms with Gasteiger partial charge in [0.2, 0.25) is 0 Å². The van der Waals surface area contributed by atoms with Crippen molar-refractivity contribution in [3.05, 3.63) is 35.5 Å². The summed E-state index contributed by atoms with van der Waals surface area (Å²) < 4.78 is 40.1. The lowest BCUT2D eigenvalue weighted by Gasteiger charge is -2.31. The van der Waals surface area contributed by atoms with Crippen molar-refractivity contribution in [3.63, 3.8) is 0 Å². The highest BCUT2D eigenvalue weighted by Crippen LogP contribution is 2.32. The van der Waals surface area contributed by atoms with Gasteiger partial charge in [0, 0.05) is 43.6 Å². The zero-order valence-corrected chi connectivity index (χ0v) is 12.9. The number of benzene rings is 1. The van der Waals surface area contributed by atoms with Gasteiger partial charge in [-0.25, -0.2) is 0 Å². The molecule has 0 bridgehead atoms. The minimum atomic E-state index is -4.39. The van der Waals surface area contributed by atoms with Gasteiger partial charge in [0.15, 0.2) is 0 Å². The molecule has 124 valence electrons. The lowest BCUT2D eigenvalue weighted by molar-refractivity contribution is -0.137. The molecule has 2 heterocycles. The molecule has 1 aromatic heterocycles. The number of aryl methyl sites for hydroxylation is 1. The monoisotopic (exact) mass is 325 g/mol. The molecule has 23 heavy (non-hydrogen) atoms. The maximum absolute atomic E-state index is 12.8. The van der Waals surface area contributed by atoms with Crippen molar-refractivity contribution >= 4 is 16.8 Å². The standard InChI is InChI=1S/C16H18F3N3O/c1-10-9-22(6-5-20-10)15(23)14-8-11-7-12(16(17,18)19)3-4-13(11)21(14)2/h3-4,7-8,10,20H,5-6,9H2,1-2H3/t10-/m1/s1. The summed E-state index contributed by atoms with van der Waals surface area (Å²) in [5.74, 6) is -0.148. The van der Waals surface area contributed by atoms with Crippen LogP contribution in [0.5, 0.6) is 0 Å². The van der Waals surface area contributed by atoms with Gasteiger partial charge in [-0.05, 0) is 31.2 Å². The van der Waals surface area contributed by atoms with Gasteiger partial charge in [0.25, 0.3) is 5.91 Å². The number of hydrogen-bond acceptors (Lipinski definition) is 2. The fraction of sp³-hybridized carbons (Fsp3) is 0.438. The zero-order chi connectivity index (χ0) is 16.8. The second-order valence-electron chi connectivity index (χ2n) is 5.97. The highest BCUT2D eigenvalue weighted by molar-refractivity contribution is 5.99. The minimum absolute atomic E-state index is 0.148. The lowest BCUT2D eigenvalue weighted by Crippen LogP contribution is -2.51. The Hall–Kier alpha value is -2.02. The Morgan fingerprint density at radius 1 is 1.30 bits per heavy atom. The van der Waals surface area contributed by atoms with Gasteiger partial charge in [0.1, 0.15) is 5.69 Å². The largest absolute Gasteiger partial charge is 0.416 e. The van der Waals surface area contributed by atoms with Crippen LogP contribution >= 0.6 is 0 Å². The van der Waals surface area contributed by atoms with Crippen molar-refractivity contribution in [2.45, 2.75) is 19.1 Å². The summed E-state index contributed by atoms with van der Waals surface area (Å²) in [6.45, 7) is 3.90. The molecule has 1 atom stereocenters. The Balaban J connectivity index is 1.98. The highest BCUT2D eigenvalue weighted by Gasteiger charge is 2.31. The second kappa shape index (κ2) is 5.56. The van der Waals surface area contributed by atoms with E-state index in [1.807, 2.05) is 6.92 Å². The van der Waals surface area contributed by atoms with E-state index in [2.05, 4.69) is 5.32 Å². The molecule has 1 amide bonds. The number of fused-ring (bicyclic) bond motifs is 1. The molecule has 1 aliphatic rings.